The van der Waals surface area contributed by atoms with E-state index in [9.17, 15) is 36.6 Å². The number of methoxy groups -OCH3 is 1. The number of alkyl halides is 3. The zero-order valence-electron chi connectivity index (χ0n) is 24.0. The Morgan fingerprint density at radius 3 is 2.39 bits per heavy atom. The number of ether oxygens (including phenoxy) is 2. The predicted molar refractivity (Wildman–Crippen MR) is 150 cm³/mol. The summed E-state index contributed by atoms with van der Waals surface area (Å²) in [6.45, 7) is 5.03. The summed E-state index contributed by atoms with van der Waals surface area (Å²) in [4.78, 5) is 25.5. The van der Waals surface area contributed by atoms with Crippen LogP contribution in [-0.4, -0.2) is 30.1 Å². The van der Waals surface area contributed by atoms with Crippen LogP contribution >= 0.6 is 0 Å². The molecule has 0 radical (unpaired) electrons. The molecule has 0 bridgehead atoms. The summed E-state index contributed by atoms with van der Waals surface area (Å²) in [7, 11) is 0.673. The summed E-state index contributed by atoms with van der Waals surface area (Å²) in [5.41, 5.74) is -2.54. The number of hydrogen-bond donors (Lipinski definition) is 2. The molecule has 44 heavy (non-hydrogen) atoms. The van der Waals surface area contributed by atoms with Crippen molar-refractivity contribution in [1.29, 1.82) is 0 Å². The lowest BCUT2D eigenvalue weighted by molar-refractivity contribution is -0.142. The van der Waals surface area contributed by atoms with Crippen LogP contribution in [0.25, 0.3) is 10.8 Å². The topological polar surface area (TPSA) is 84.9 Å². The van der Waals surface area contributed by atoms with E-state index in [1.54, 1.807) is 24.3 Å². The molecule has 6 nitrogen and oxygen atoms in total. The van der Waals surface area contributed by atoms with E-state index in [2.05, 4.69) is 23.6 Å². The molecule has 1 saturated carbocycles. The molecule has 1 amide bonds. The first kappa shape index (κ1) is 32.7. The zero-order chi connectivity index (χ0) is 32.3. The van der Waals surface area contributed by atoms with Gasteiger partial charge in [0.1, 0.15) is 24.0 Å². The molecule has 236 valence electrons. The van der Waals surface area contributed by atoms with Crippen molar-refractivity contribution >= 4 is 22.6 Å². The minimum absolute atomic E-state index is 0.135. The highest BCUT2D eigenvalue weighted by Gasteiger charge is 2.42. The first-order valence-electron chi connectivity index (χ1n) is 13.9. The SMILES string of the molecule is C=C1CC(C)CC(CC[C@H](NC(=O)c2ccc3ccccc3c2OCc2c(F)c(F)c(C(F)(F)F)c(OC)c2F)C(=O)O)C1. The molecule has 1 aliphatic carbocycles. The van der Waals surface area contributed by atoms with Crippen LogP contribution in [0.1, 0.15) is 60.5 Å². The van der Waals surface area contributed by atoms with Crippen molar-refractivity contribution in [3.8, 4) is 11.5 Å². The molecule has 4 rings (SSSR count). The van der Waals surface area contributed by atoms with Crippen molar-refractivity contribution in [3.63, 3.8) is 0 Å². The van der Waals surface area contributed by atoms with Gasteiger partial charge in [-0.15, -0.1) is 0 Å². The summed E-state index contributed by atoms with van der Waals surface area (Å²) in [5.74, 6) is -9.60. The van der Waals surface area contributed by atoms with E-state index in [0.29, 0.717) is 24.8 Å². The standard InChI is InChI=1S/C32H31F6NO5/c1-16-12-17(2)14-18(13-16)8-11-23(31(41)42)39-30(40)21-10-9-19-6-4-5-7-20(19)28(21)44-15-22-25(33)27(35)24(32(36,37)38)29(43-3)26(22)34/h4-7,9-10,17-18,23H,1,8,11-15H2,2-3H3,(H,39,40)(H,41,42)/t17?,18?,23-/m0/s1. The fourth-order valence-electron chi connectivity index (χ4n) is 5.81. The van der Waals surface area contributed by atoms with Gasteiger partial charge in [0, 0.05) is 5.39 Å². The number of nitrogens with one attached hydrogen (secondary N) is 1. The lowest BCUT2D eigenvalue weighted by Gasteiger charge is -2.29. The number of carbonyl (C=O) groups excluding carboxylic acids is 1. The third kappa shape index (κ3) is 6.95. The first-order chi connectivity index (χ1) is 20.7. The number of allylic oxidation sites excluding steroid dienone is 1. The molecule has 12 heteroatoms. The molecule has 1 fully saturated rings. The second kappa shape index (κ2) is 13.2. The van der Waals surface area contributed by atoms with Crippen molar-refractivity contribution in [3.05, 3.63) is 82.7 Å². The average Bonchev–Trinajstić information content (AvgIpc) is 2.95. The zero-order valence-corrected chi connectivity index (χ0v) is 24.0. The van der Waals surface area contributed by atoms with Crippen molar-refractivity contribution in [2.75, 3.05) is 7.11 Å². The van der Waals surface area contributed by atoms with E-state index in [0.717, 1.165) is 24.8 Å². The molecule has 1 aliphatic rings. The van der Waals surface area contributed by atoms with Gasteiger partial charge in [-0.1, -0.05) is 49.4 Å². The van der Waals surface area contributed by atoms with Gasteiger partial charge in [-0.05, 0) is 55.4 Å². The van der Waals surface area contributed by atoms with E-state index < -0.39 is 65.0 Å². The summed E-state index contributed by atoms with van der Waals surface area (Å²) in [5, 5.41) is 13.1. The van der Waals surface area contributed by atoms with Gasteiger partial charge in [0.25, 0.3) is 5.91 Å². The lowest BCUT2D eigenvalue weighted by atomic mass is 9.77. The lowest BCUT2D eigenvalue weighted by Crippen LogP contribution is -2.41. The molecule has 3 aromatic carbocycles. The Balaban J connectivity index is 1.64. The van der Waals surface area contributed by atoms with Gasteiger partial charge in [0.15, 0.2) is 23.2 Å². The fraction of sp³-hybridized carbons (Fsp3) is 0.375. The predicted octanol–water partition coefficient (Wildman–Crippen LogP) is 7.82. The van der Waals surface area contributed by atoms with Crippen LogP contribution in [0.15, 0.2) is 48.6 Å². The molecular weight excluding hydrogens is 592 g/mol. The molecular formula is C32H31F6NO5. The van der Waals surface area contributed by atoms with Crippen molar-refractivity contribution < 1.29 is 50.5 Å². The molecule has 0 aliphatic heterocycles. The molecule has 3 atom stereocenters. The number of hydrogen-bond acceptors (Lipinski definition) is 4. The maximum atomic E-state index is 15.1. The maximum Gasteiger partial charge on any atom is 0.423 e. The summed E-state index contributed by atoms with van der Waals surface area (Å²) in [6, 6.07) is 8.01. The molecule has 0 saturated heterocycles. The summed E-state index contributed by atoms with van der Waals surface area (Å²) < 4.78 is 94.4. The van der Waals surface area contributed by atoms with Gasteiger partial charge in [-0.3, -0.25) is 4.79 Å². The second-order valence-electron chi connectivity index (χ2n) is 11.1. The quantitative estimate of drug-likeness (QED) is 0.137. The highest BCUT2D eigenvalue weighted by molar-refractivity contribution is 6.04. The van der Waals surface area contributed by atoms with Crippen LogP contribution in [0.5, 0.6) is 11.5 Å². The number of benzene rings is 3. The summed E-state index contributed by atoms with van der Waals surface area (Å²) in [6.07, 6.45) is -2.19. The number of amides is 1. The molecule has 0 aromatic heterocycles. The van der Waals surface area contributed by atoms with E-state index in [1.807, 2.05) is 0 Å². The van der Waals surface area contributed by atoms with Crippen molar-refractivity contribution in [2.24, 2.45) is 11.8 Å². The molecule has 2 N–H and O–H groups in total. The first-order valence-corrected chi connectivity index (χ1v) is 13.9. The third-order valence-electron chi connectivity index (χ3n) is 7.76. The second-order valence-corrected chi connectivity index (χ2v) is 11.1. The van der Waals surface area contributed by atoms with Crippen LogP contribution in [0, 0.1) is 29.3 Å². The van der Waals surface area contributed by atoms with Gasteiger partial charge in [0.2, 0.25) is 0 Å². The number of carbonyl (C=O) groups is 2. The van der Waals surface area contributed by atoms with Gasteiger partial charge in [-0.2, -0.15) is 13.2 Å². The minimum atomic E-state index is -5.46. The number of rotatable bonds is 10. The molecule has 0 heterocycles. The highest BCUT2D eigenvalue weighted by atomic mass is 19.4. The Morgan fingerprint density at radius 1 is 1.05 bits per heavy atom. The van der Waals surface area contributed by atoms with Crippen LogP contribution in [0.3, 0.4) is 0 Å². The van der Waals surface area contributed by atoms with Gasteiger partial charge in [-0.25, -0.2) is 18.0 Å². The molecule has 0 spiro atoms. The number of fused-ring (bicyclic) bond motifs is 1. The average molecular weight is 624 g/mol. The van der Waals surface area contributed by atoms with Crippen molar-refractivity contribution in [1.82, 2.24) is 5.32 Å². The van der Waals surface area contributed by atoms with Crippen LogP contribution in [-0.2, 0) is 17.6 Å². The Morgan fingerprint density at radius 2 is 1.75 bits per heavy atom. The molecule has 3 aromatic rings. The fourth-order valence-corrected chi connectivity index (χ4v) is 5.81. The maximum absolute atomic E-state index is 15.1. The van der Waals surface area contributed by atoms with E-state index >= 15 is 4.39 Å². The van der Waals surface area contributed by atoms with E-state index in [1.165, 1.54) is 12.1 Å². The number of carboxylic acids is 1. The minimum Gasteiger partial charge on any atom is -0.493 e. The van der Waals surface area contributed by atoms with Crippen molar-refractivity contribution in [2.45, 2.75) is 57.9 Å². The van der Waals surface area contributed by atoms with Crippen LogP contribution < -0.4 is 14.8 Å². The molecule has 2 unspecified atom stereocenters. The Bertz CT molecular complexity index is 1590. The number of halogens is 6. The largest absolute Gasteiger partial charge is 0.493 e. The van der Waals surface area contributed by atoms with Gasteiger partial charge >= 0.3 is 12.1 Å². The van der Waals surface area contributed by atoms with Crippen LogP contribution in [0.4, 0.5) is 26.3 Å². The van der Waals surface area contributed by atoms with E-state index in [4.69, 9.17) is 4.74 Å². The Hall–Kier alpha value is -4.22. The normalized spacial score (nSPS) is 17.8. The summed E-state index contributed by atoms with van der Waals surface area (Å²) >= 11 is 0. The Kier molecular flexibility index (Phi) is 9.80. The number of carboxylic acid groups (broad SMARTS) is 1. The smallest absolute Gasteiger partial charge is 0.423 e. The highest BCUT2D eigenvalue weighted by Crippen LogP contribution is 2.42. The van der Waals surface area contributed by atoms with Gasteiger partial charge < -0.3 is 19.9 Å². The van der Waals surface area contributed by atoms with Gasteiger partial charge in [0.05, 0.1) is 18.2 Å². The van der Waals surface area contributed by atoms with E-state index in [-0.39, 0.29) is 29.0 Å². The number of aliphatic carboxylic acids is 1. The van der Waals surface area contributed by atoms with Crippen LogP contribution in [0.2, 0.25) is 0 Å². The Labute approximate surface area is 249 Å². The monoisotopic (exact) mass is 623 g/mol. The third-order valence-corrected chi connectivity index (χ3v) is 7.76.